The first-order valence-electron chi connectivity index (χ1n) is 9.28. The Kier molecular flexibility index (Phi) is 7.30. The Morgan fingerprint density at radius 3 is 2.34 bits per heavy atom. The Hall–Kier alpha value is -3.42. The predicted molar refractivity (Wildman–Crippen MR) is 113 cm³/mol. The fourth-order valence-corrected chi connectivity index (χ4v) is 3.14. The van der Waals surface area contributed by atoms with Crippen LogP contribution in [0.2, 0.25) is 0 Å². The van der Waals surface area contributed by atoms with Gasteiger partial charge in [0, 0.05) is 31.8 Å². The summed E-state index contributed by atoms with van der Waals surface area (Å²) in [7, 11) is 1.56. The van der Waals surface area contributed by atoms with Crippen LogP contribution in [0.3, 0.4) is 0 Å². The summed E-state index contributed by atoms with van der Waals surface area (Å²) >= 11 is 0. The molecule has 0 heterocycles. The zero-order valence-corrected chi connectivity index (χ0v) is 17.1. The van der Waals surface area contributed by atoms with Crippen LogP contribution in [0.5, 0.6) is 0 Å². The van der Waals surface area contributed by atoms with Gasteiger partial charge in [-0.25, -0.2) is 0 Å². The van der Waals surface area contributed by atoms with Crippen molar-refractivity contribution in [3.63, 3.8) is 0 Å². The largest absolute Gasteiger partial charge is 0.379 e. The number of amides is 2. The molecule has 154 valence electrons. The van der Waals surface area contributed by atoms with Gasteiger partial charge in [-0.3, -0.25) is 19.7 Å². The summed E-state index contributed by atoms with van der Waals surface area (Å²) < 4.78 is 0. The van der Waals surface area contributed by atoms with Crippen LogP contribution in [-0.4, -0.2) is 41.8 Å². The third-order valence-corrected chi connectivity index (χ3v) is 4.50. The van der Waals surface area contributed by atoms with Crippen molar-refractivity contribution in [3.8, 4) is 0 Å². The minimum absolute atomic E-state index is 0.0449. The number of carbonyl (C=O) groups is 2. The quantitative estimate of drug-likeness (QED) is 0.524. The van der Waals surface area contributed by atoms with E-state index in [0.29, 0.717) is 5.69 Å². The summed E-state index contributed by atoms with van der Waals surface area (Å²) in [6.45, 7) is 6.01. The number of nitrogens with one attached hydrogen (secondary N) is 2. The third kappa shape index (κ3) is 6.03. The molecular formula is C21H26N4O4. The fourth-order valence-electron chi connectivity index (χ4n) is 3.14. The molecule has 0 spiro atoms. The Morgan fingerprint density at radius 1 is 1.10 bits per heavy atom. The highest BCUT2D eigenvalue weighted by Crippen LogP contribution is 2.23. The number of nitro benzene ring substituents is 1. The lowest BCUT2D eigenvalue weighted by Gasteiger charge is -2.19. The van der Waals surface area contributed by atoms with Gasteiger partial charge in [-0.1, -0.05) is 29.8 Å². The van der Waals surface area contributed by atoms with Gasteiger partial charge >= 0.3 is 0 Å². The number of likely N-dealkylation sites (N-methyl/N-ethyl adjacent to an activating group) is 1. The highest BCUT2D eigenvalue weighted by molar-refractivity contribution is 5.95. The van der Waals surface area contributed by atoms with Gasteiger partial charge in [0.15, 0.2) is 0 Å². The summed E-state index contributed by atoms with van der Waals surface area (Å²) in [6.07, 6.45) is 0.110. The molecule has 0 aliphatic rings. The monoisotopic (exact) mass is 398 g/mol. The minimum Gasteiger partial charge on any atom is -0.379 e. The van der Waals surface area contributed by atoms with Crippen LogP contribution in [0.15, 0.2) is 36.4 Å². The van der Waals surface area contributed by atoms with Gasteiger partial charge in [0.05, 0.1) is 11.5 Å². The van der Waals surface area contributed by atoms with Crippen molar-refractivity contribution in [1.29, 1.82) is 0 Å². The molecule has 0 saturated carbocycles. The van der Waals surface area contributed by atoms with Crippen LogP contribution >= 0.6 is 0 Å². The normalized spacial score (nSPS) is 10.3. The second kappa shape index (κ2) is 9.68. The molecule has 0 aliphatic heterocycles. The maximum Gasteiger partial charge on any atom is 0.292 e. The van der Waals surface area contributed by atoms with Crippen molar-refractivity contribution < 1.29 is 14.5 Å². The second-order valence-electron chi connectivity index (χ2n) is 7.02. The van der Waals surface area contributed by atoms with Crippen molar-refractivity contribution in [2.45, 2.75) is 27.2 Å². The van der Waals surface area contributed by atoms with Crippen LogP contribution in [0, 0.1) is 30.9 Å². The lowest BCUT2D eigenvalue weighted by molar-refractivity contribution is -0.384. The number of benzene rings is 2. The van der Waals surface area contributed by atoms with Crippen molar-refractivity contribution in [2.75, 3.05) is 30.8 Å². The van der Waals surface area contributed by atoms with Gasteiger partial charge in [-0.2, -0.15) is 0 Å². The van der Waals surface area contributed by atoms with Crippen molar-refractivity contribution >= 4 is 28.9 Å². The zero-order chi connectivity index (χ0) is 21.6. The highest BCUT2D eigenvalue weighted by atomic mass is 16.6. The molecule has 2 N–H and O–H groups in total. The van der Waals surface area contributed by atoms with E-state index in [1.54, 1.807) is 25.2 Å². The molecule has 8 nitrogen and oxygen atoms in total. The molecule has 0 bridgehead atoms. The van der Waals surface area contributed by atoms with Crippen LogP contribution in [0.25, 0.3) is 0 Å². The van der Waals surface area contributed by atoms with Gasteiger partial charge in [0.25, 0.3) is 5.69 Å². The maximum atomic E-state index is 12.3. The molecule has 0 aliphatic carbocycles. The predicted octanol–water partition coefficient (Wildman–Crippen LogP) is 3.42. The molecule has 0 aromatic heterocycles. The lowest BCUT2D eigenvalue weighted by atomic mass is 10.1. The zero-order valence-electron chi connectivity index (χ0n) is 17.1. The van der Waals surface area contributed by atoms with Gasteiger partial charge in [0.1, 0.15) is 5.69 Å². The van der Waals surface area contributed by atoms with E-state index in [4.69, 9.17) is 0 Å². The van der Waals surface area contributed by atoms with E-state index in [0.717, 1.165) is 22.4 Å². The molecule has 0 radical (unpaired) electrons. The highest BCUT2D eigenvalue weighted by Gasteiger charge is 2.16. The van der Waals surface area contributed by atoms with Crippen molar-refractivity contribution in [3.05, 3.63) is 63.2 Å². The van der Waals surface area contributed by atoms with E-state index in [1.807, 2.05) is 32.9 Å². The molecule has 2 amide bonds. The number of carbonyl (C=O) groups excluding carboxylic acids is 2. The number of nitrogens with zero attached hydrogens (tertiary/aromatic N) is 2. The first-order valence-corrected chi connectivity index (χ1v) is 9.28. The fraction of sp³-hybridized carbons (Fsp3) is 0.333. The molecule has 0 saturated heterocycles. The first kappa shape index (κ1) is 21.9. The molecule has 0 atom stereocenters. The Balaban J connectivity index is 1.86. The average Bonchev–Trinajstić information content (AvgIpc) is 2.64. The SMILES string of the molecule is Cc1cc(C)c(NC(=O)CN(C)C(=O)CCNc2ccccc2[N+](=O)[O-])c(C)c1. The van der Waals surface area contributed by atoms with E-state index in [-0.39, 0.29) is 37.0 Å². The summed E-state index contributed by atoms with van der Waals surface area (Å²) in [5.74, 6) is -0.508. The van der Waals surface area contributed by atoms with E-state index < -0.39 is 4.92 Å². The number of nitro groups is 1. The molecule has 8 heteroatoms. The Labute approximate surface area is 170 Å². The average molecular weight is 398 g/mol. The number of aryl methyl sites for hydroxylation is 3. The van der Waals surface area contributed by atoms with Gasteiger partial charge < -0.3 is 15.5 Å². The summed E-state index contributed by atoms with van der Waals surface area (Å²) in [4.78, 5) is 36.5. The van der Waals surface area contributed by atoms with E-state index >= 15 is 0 Å². The van der Waals surface area contributed by atoms with Crippen LogP contribution in [-0.2, 0) is 9.59 Å². The number of para-hydroxylation sites is 2. The molecule has 0 fully saturated rings. The number of hydrogen-bond donors (Lipinski definition) is 2. The van der Waals surface area contributed by atoms with E-state index in [9.17, 15) is 19.7 Å². The third-order valence-electron chi connectivity index (χ3n) is 4.50. The number of rotatable bonds is 8. The van der Waals surface area contributed by atoms with E-state index in [2.05, 4.69) is 10.6 Å². The topological polar surface area (TPSA) is 105 Å². The Morgan fingerprint density at radius 2 is 1.72 bits per heavy atom. The number of hydrogen-bond acceptors (Lipinski definition) is 5. The van der Waals surface area contributed by atoms with Crippen LogP contribution < -0.4 is 10.6 Å². The molecule has 2 aromatic rings. The van der Waals surface area contributed by atoms with E-state index in [1.165, 1.54) is 11.0 Å². The lowest BCUT2D eigenvalue weighted by Crippen LogP contribution is -2.35. The molecule has 2 rings (SSSR count). The molecule has 2 aromatic carbocycles. The molecule has 0 unspecified atom stereocenters. The second-order valence-corrected chi connectivity index (χ2v) is 7.02. The summed E-state index contributed by atoms with van der Waals surface area (Å²) in [6, 6.07) is 10.2. The summed E-state index contributed by atoms with van der Waals surface area (Å²) in [5.41, 5.74) is 4.14. The summed E-state index contributed by atoms with van der Waals surface area (Å²) in [5, 5.41) is 16.8. The first-order chi connectivity index (χ1) is 13.7. The minimum atomic E-state index is -0.477. The Bertz CT molecular complexity index is 904. The van der Waals surface area contributed by atoms with Crippen LogP contribution in [0.4, 0.5) is 17.1 Å². The van der Waals surface area contributed by atoms with Gasteiger partial charge in [0.2, 0.25) is 11.8 Å². The van der Waals surface area contributed by atoms with Crippen molar-refractivity contribution in [2.24, 2.45) is 0 Å². The standard InChI is InChI=1S/C21H26N4O4/c1-14-11-15(2)21(16(3)12-14)23-19(26)13-24(4)20(27)9-10-22-17-7-5-6-8-18(17)25(28)29/h5-8,11-12,22H,9-10,13H2,1-4H3,(H,23,26). The van der Waals surface area contributed by atoms with Gasteiger partial charge in [-0.05, 0) is 38.0 Å². The van der Waals surface area contributed by atoms with Crippen LogP contribution in [0.1, 0.15) is 23.1 Å². The molecular weight excluding hydrogens is 372 g/mol. The maximum absolute atomic E-state index is 12.3. The van der Waals surface area contributed by atoms with Crippen molar-refractivity contribution in [1.82, 2.24) is 4.90 Å². The molecule has 29 heavy (non-hydrogen) atoms. The number of anilines is 2. The van der Waals surface area contributed by atoms with Gasteiger partial charge in [-0.15, -0.1) is 0 Å². The smallest absolute Gasteiger partial charge is 0.292 e.